The Balaban J connectivity index is 0.00000182. The number of carbonyl (C=O) groups is 2. The third-order valence-corrected chi connectivity index (χ3v) is 5.91. The van der Waals surface area contributed by atoms with E-state index in [0.29, 0.717) is 25.6 Å². The van der Waals surface area contributed by atoms with Crippen LogP contribution in [0.2, 0.25) is 0 Å². The fraction of sp³-hybridized carbons (Fsp3) is 0.579. The molecule has 1 unspecified atom stereocenters. The fourth-order valence-electron chi connectivity index (χ4n) is 4.26. The van der Waals surface area contributed by atoms with Gasteiger partial charge in [0.25, 0.3) is 0 Å². The first-order valence-corrected chi connectivity index (χ1v) is 8.97. The van der Waals surface area contributed by atoms with Crippen molar-refractivity contribution in [2.75, 3.05) is 13.1 Å². The number of carbonyl (C=O) groups excluding carboxylic acids is 2. The molecular weight excluding hydrogens is 338 g/mol. The molecule has 3 fully saturated rings. The van der Waals surface area contributed by atoms with Gasteiger partial charge in [-0.3, -0.25) is 9.59 Å². The standard InChI is InChI=1S/C19H25N3O2.ClH/c20-12-19(14-4-2-1-3-5-14)9-15(10-19)21-18(24)13-8-17(23)22(11-13)16-6-7-16;/h1-5,13,15-16H,6-12,20H2,(H,21,24);1H. The highest BCUT2D eigenvalue weighted by Crippen LogP contribution is 2.43. The largest absolute Gasteiger partial charge is 0.353 e. The lowest BCUT2D eigenvalue weighted by Crippen LogP contribution is -2.57. The molecule has 0 spiro atoms. The predicted molar refractivity (Wildman–Crippen MR) is 98.4 cm³/mol. The van der Waals surface area contributed by atoms with Crippen molar-refractivity contribution in [1.82, 2.24) is 10.2 Å². The van der Waals surface area contributed by atoms with Crippen LogP contribution in [-0.4, -0.2) is 41.9 Å². The molecule has 2 aliphatic carbocycles. The number of hydrogen-bond donors (Lipinski definition) is 2. The summed E-state index contributed by atoms with van der Waals surface area (Å²) >= 11 is 0. The fourth-order valence-corrected chi connectivity index (χ4v) is 4.26. The summed E-state index contributed by atoms with van der Waals surface area (Å²) in [5.74, 6) is 0.00438. The number of benzene rings is 1. The lowest BCUT2D eigenvalue weighted by molar-refractivity contribution is -0.129. The van der Waals surface area contributed by atoms with Crippen LogP contribution in [-0.2, 0) is 15.0 Å². The van der Waals surface area contributed by atoms with Gasteiger partial charge in [-0.1, -0.05) is 30.3 Å². The molecule has 5 nitrogen and oxygen atoms in total. The topological polar surface area (TPSA) is 75.4 Å². The average molecular weight is 364 g/mol. The van der Waals surface area contributed by atoms with Gasteiger partial charge in [-0.15, -0.1) is 12.4 Å². The molecule has 1 aromatic rings. The van der Waals surface area contributed by atoms with Crippen molar-refractivity contribution in [1.29, 1.82) is 0 Å². The normalized spacial score (nSPS) is 31.2. The van der Waals surface area contributed by atoms with E-state index in [0.717, 1.165) is 25.7 Å². The molecular formula is C19H26ClN3O2. The van der Waals surface area contributed by atoms with E-state index in [1.807, 2.05) is 23.1 Å². The van der Waals surface area contributed by atoms with Gasteiger partial charge in [0.2, 0.25) is 11.8 Å². The van der Waals surface area contributed by atoms with Gasteiger partial charge in [0.15, 0.2) is 0 Å². The molecule has 4 rings (SSSR count). The number of nitrogens with one attached hydrogen (secondary N) is 1. The molecule has 0 radical (unpaired) electrons. The van der Waals surface area contributed by atoms with Crippen molar-refractivity contribution >= 4 is 24.2 Å². The van der Waals surface area contributed by atoms with Gasteiger partial charge >= 0.3 is 0 Å². The SMILES string of the molecule is Cl.NCC1(c2ccccc2)CC(NC(=O)C2CC(=O)N(C3CC3)C2)C1. The Kier molecular flexibility index (Phi) is 5.07. The monoisotopic (exact) mass is 363 g/mol. The Bertz CT molecular complexity index is 641. The molecule has 1 aliphatic heterocycles. The quantitative estimate of drug-likeness (QED) is 0.834. The number of nitrogens with two attached hydrogens (primary N) is 1. The molecule has 136 valence electrons. The van der Waals surface area contributed by atoms with Crippen LogP contribution in [0, 0.1) is 5.92 Å². The van der Waals surface area contributed by atoms with Gasteiger partial charge in [-0.2, -0.15) is 0 Å². The number of likely N-dealkylation sites (tertiary alicyclic amines) is 1. The summed E-state index contributed by atoms with van der Waals surface area (Å²) in [5.41, 5.74) is 7.28. The van der Waals surface area contributed by atoms with Crippen LogP contribution in [0.15, 0.2) is 30.3 Å². The van der Waals surface area contributed by atoms with Crippen molar-refractivity contribution in [3.05, 3.63) is 35.9 Å². The number of hydrogen-bond acceptors (Lipinski definition) is 3. The van der Waals surface area contributed by atoms with Gasteiger partial charge in [-0.25, -0.2) is 0 Å². The van der Waals surface area contributed by atoms with E-state index in [2.05, 4.69) is 17.4 Å². The molecule has 3 N–H and O–H groups in total. The van der Waals surface area contributed by atoms with Gasteiger partial charge in [0.05, 0.1) is 5.92 Å². The third-order valence-electron chi connectivity index (χ3n) is 5.91. The van der Waals surface area contributed by atoms with Crippen molar-refractivity contribution in [2.45, 2.75) is 49.6 Å². The summed E-state index contributed by atoms with van der Waals surface area (Å²) in [6, 6.07) is 10.9. The Morgan fingerprint density at radius 3 is 2.52 bits per heavy atom. The van der Waals surface area contributed by atoms with E-state index >= 15 is 0 Å². The summed E-state index contributed by atoms with van der Waals surface area (Å²) in [6.45, 7) is 1.20. The average Bonchev–Trinajstić information content (AvgIpc) is 3.33. The minimum absolute atomic E-state index is 0. The summed E-state index contributed by atoms with van der Waals surface area (Å²) in [6.07, 6.45) is 4.33. The van der Waals surface area contributed by atoms with Gasteiger partial charge in [0.1, 0.15) is 0 Å². The summed E-state index contributed by atoms with van der Waals surface area (Å²) in [7, 11) is 0. The van der Waals surface area contributed by atoms with Crippen molar-refractivity contribution in [3.8, 4) is 0 Å². The molecule has 1 aromatic carbocycles. The van der Waals surface area contributed by atoms with E-state index in [9.17, 15) is 9.59 Å². The Morgan fingerprint density at radius 1 is 1.24 bits per heavy atom. The Labute approximate surface area is 154 Å². The molecule has 1 heterocycles. The maximum absolute atomic E-state index is 12.5. The van der Waals surface area contributed by atoms with Gasteiger partial charge < -0.3 is 16.0 Å². The second-order valence-corrected chi connectivity index (χ2v) is 7.64. The van der Waals surface area contributed by atoms with E-state index in [-0.39, 0.29) is 41.6 Å². The lowest BCUT2D eigenvalue weighted by Gasteiger charge is -2.48. The molecule has 3 aliphatic rings. The minimum Gasteiger partial charge on any atom is -0.353 e. The van der Waals surface area contributed by atoms with E-state index in [4.69, 9.17) is 5.73 Å². The predicted octanol–water partition coefficient (Wildman–Crippen LogP) is 1.59. The molecule has 2 saturated carbocycles. The first-order valence-electron chi connectivity index (χ1n) is 8.97. The van der Waals surface area contributed by atoms with Crippen LogP contribution < -0.4 is 11.1 Å². The van der Waals surface area contributed by atoms with Crippen LogP contribution in [0.3, 0.4) is 0 Å². The zero-order valence-corrected chi connectivity index (χ0v) is 15.1. The van der Waals surface area contributed by atoms with E-state index < -0.39 is 0 Å². The summed E-state index contributed by atoms with van der Waals surface area (Å²) in [5, 5.41) is 3.14. The number of rotatable bonds is 5. The summed E-state index contributed by atoms with van der Waals surface area (Å²) in [4.78, 5) is 26.4. The smallest absolute Gasteiger partial charge is 0.225 e. The van der Waals surface area contributed by atoms with Gasteiger partial charge in [0, 0.05) is 37.0 Å². The van der Waals surface area contributed by atoms with Crippen LogP contribution in [0.4, 0.5) is 0 Å². The van der Waals surface area contributed by atoms with E-state index in [1.54, 1.807) is 0 Å². The first-order chi connectivity index (χ1) is 11.6. The molecule has 2 amide bonds. The molecule has 0 bridgehead atoms. The molecule has 1 saturated heterocycles. The maximum atomic E-state index is 12.5. The number of nitrogens with zero attached hydrogens (tertiary/aromatic N) is 1. The maximum Gasteiger partial charge on any atom is 0.225 e. The lowest BCUT2D eigenvalue weighted by atomic mass is 9.61. The van der Waals surface area contributed by atoms with E-state index in [1.165, 1.54) is 5.56 Å². The van der Waals surface area contributed by atoms with Crippen LogP contribution in [0.25, 0.3) is 0 Å². The zero-order valence-electron chi connectivity index (χ0n) is 14.3. The molecule has 6 heteroatoms. The van der Waals surface area contributed by atoms with Crippen molar-refractivity contribution < 1.29 is 9.59 Å². The van der Waals surface area contributed by atoms with Crippen LogP contribution in [0.1, 0.15) is 37.7 Å². The highest BCUT2D eigenvalue weighted by Gasteiger charge is 2.47. The first kappa shape index (κ1) is 18.2. The third kappa shape index (κ3) is 3.40. The minimum atomic E-state index is -0.178. The number of amides is 2. The van der Waals surface area contributed by atoms with Crippen molar-refractivity contribution in [3.63, 3.8) is 0 Å². The highest BCUT2D eigenvalue weighted by atomic mass is 35.5. The molecule has 1 atom stereocenters. The Morgan fingerprint density at radius 2 is 1.92 bits per heavy atom. The molecule has 0 aromatic heterocycles. The molecule has 25 heavy (non-hydrogen) atoms. The van der Waals surface area contributed by atoms with Crippen molar-refractivity contribution in [2.24, 2.45) is 11.7 Å². The highest BCUT2D eigenvalue weighted by molar-refractivity contribution is 5.89. The van der Waals surface area contributed by atoms with Crippen LogP contribution in [0.5, 0.6) is 0 Å². The van der Waals surface area contributed by atoms with Gasteiger partial charge in [-0.05, 0) is 31.2 Å². The Hall–Kier alpha value is -1.59. The van der Waals surface area contributed by atoms with Crippen LogP contribution >= 0.6 is 12.4 Å². The summed E-state index contributed by atoms with van der Waals surface area (Å²) < 4.78 is 0. The second-order valence-electron chi connectivity index (χ2n) is 7.64. The number of halogens is 1. The second kappa shape index (κ2) is 6.96. The zero-order chi connectivity index (χ0) is 16.7.